The predicted molar refractivity (Wildman–Crippen MR) is 138 cm³/mol. The number of nitrogens with one attached hydrogen (secondary N) is 1. The highest BCUT2D eigenvalue weighted by molar-refractivity contribution is 6.08. The summed E-state index contributed by atoms with van der Waals surface area (Å²) in [6.07, 6.45) is 11.7. The van der Waals surface area contributed by atoms with E-state index in [0.29, 0.717) is 22.5 Å². The van der Waals surface area contributed by atoms with Gasteiger partial charge in [0.2, 0.25) is 5.91 Å². The predicted octanol–water partition coefficient (Wildman–Crippen LogP) is 5.42. The quantitative estimate of drug-likeness (QED) is 0.371. The number of fused-ring (bicyclic) bond motifs is 3. The van der Waals surface area contributed by atoms with Gasteiger partial charge in [0.15, 0.2) is 0 Å². The van der Waals surface area contributed by atoms with Crippen molar-refractivity contribution < 1.29 is 18.4 Å². The lowest BCUT2D eigenvalue weighted by Crippen LogP contribution is -2.64. The molecule has 0 spiro atoms. The van der Waals surface area contributed by atoms with Crippen molar-refractivity contribution in [2.45, 2.75) is 70.1 Å². The summed E-state index contributed by atoms with van der Waals surface area (Å²) in [6.45, 7) is 2.23. The minimum atomic E-state index is -1.17. The molecule has 192 valence electrons. The first-order chi connectivity index (χ1) is 18.0. The second kappa shape index (κ2) is 9.25. The molecule has 1 aliphatic carbocycles. The SMILES string of the molecule is CC1(C(=O)NC2CCCCCC2)Cn2c(c(-n3cccc3)c3cc(F)ccc32)C(=O)N1Cc1ccco1. The van der Waals surface area contributed by atoms with Gasteiger partial charge in [0.05, 0.1) is 30.6 Å². The third kappa shape index (κ3) is 4.04. The minimum absolute atomic E-state index is 0.0970. The lowest BCUT2D eigenvalue weighted by Gasteiger charge is -2.44. The highest BCUT2D eigenvalue weighted by Crippen LogP contribution is 2.39. The number of nitrogens with zero attached hydrogens (tertiary/aromatic N) is 3. The number of hydrogen-bond acceptors (Lipinski definition) is 3. The van der Waals surface area contributed by atoms with Gasteiger partial charge in [-0.25, -0.2) is 4.39 Å². The van der Waals surface area contributed by atoms with E-state index in [2.05, 4.69) is 5.32 Å². The van der Waals surface area contributed by atoms with Crippen molar-refractivity contribution in [3.05, 3.63) is 78.4 Å². The van der Waals surface area contributed by atoms with Gasteiger partial charge in [0, 0.05) is 23.8 Å². The molecule has 1 unspecified atom stereocenters. The van der Waals surface area contributed by atoms with E-state index in [4.69, 9.17) is 4.42 Å². The molecule has 0 saturated heterocycles. The van der Waals surface area contributed by atoms with Crippen LogP contribution in [0.5, 0.6) is 0 Å². The monoisotopic (exact) mass is 502 g/mol. The van der Waals surface area contributed by atoms with Gasteiger partial charge in [-0.3, -0.25) is 9.59 Å². The number of hydrogen-bond donors (Lipinski definition) is 1. The van der Waals surface area contributed by atoms with E-state index in [1.165, 1.54) is 25.0 Å². The molecular formula is C29H31FN4O3. The van der Waals surface area contributed by atoms with Crippen LogP contribution in [0, 0.1) is 5.82 Å². The molecule has 7 nitrogen and oxygen atoms in total. The maximum absolute atomic E-state index is 14.4. The van der Waals surface area contributed by atoms with E-state index in [0.717, 1.165) is 31.2 Å². The van der Waals surface area contributed by atoms with Gasteiger partial charge in [-0.05, 0) is 62.2 Å². The highest BCUT2D eigenvalue weighted by atomic mass is 19.1. The molecular weight excluding hydrogens is 471 g/mol. The highest BCUT2D eigenvalue weighted by Gasteiger charge is 2.49. The zero-order valence-electron chi connectivity index (χ0n) is 21.0. The van der Waals surface area contributed by atoms with E-state index in [9.17, 15) is 14.0 Å². The number of rotatable bonds is 5. The molecule has 2 aliphatic rings. The molecule has 1 aliphatic heterocycles. The molecule has 1 aromatic carbocycles. The van der Waals surface area contributed by atoms with Crippen molar-refractivity contribution in [2.75, 3.05) is 0 Å². The van der Waals surface area contributed by atoms with Crippen molar-refractivity contribution in [2.24, 2.45) is 0 Å². The van der Waals surface area contributed by atoms with Gasteiger partial charge in [0.1, 0.15) is 22.8 Å². The number of aromatic nitrogens is 2. The molecule has 0 radical (unpaired) electrons. The van der Waals surface area contributed by atoms with Crippen LogP contribution in [0.2, 0.25) is 0 Å². The summed E-state index contributed by atoms with van der Waals surface area (Å²) in [7, 11) is 0. The second-order valence-electron chi connectivity index (χ2n) is 10.4. The summed E-state index contributed by atoms with van der Waals surface area (Å²) >= 11 is 0. The first-order valence-corrected chi connectivity index (χ1v) is 13.1. The van der Waals surface area contributed by atoms with Gasteiger partial charge in [-0.15, -0.1) is 0 Å². The summed E-state index contributed by atoms with van der Waals surface area (Å²) in [5.41, 5.74) is 0.597. The first kappa shape index (κ1) is 23.6. The average Bonchev–Trinajstić information content (AvgIpc) is 3.61. The number of halogens is 1. The molecule has 3 aromatic heterocycles. The van der Waals surface area contributed by atoms with Gasteiger partial charge in [-0.2, -0.15) is 0 Å². The van der Waals surface area contributed by atoms with Crippen LogP contribution in [0.15, 0.2) is 65.5 Å². The maximum atomic E-state index is 14.4. The van der Waals surface area contributed by atoms with Gasteiger partial charge >= 0.3 is 0 Å². The molecule has 1 fully saturated rings. The number of amides is 2. The average molecular weight is 503 g/mol. The van der Waals surface area contributed by atoms with E-state index in [1.54, 1.807) is 23.3 Å². The number of furan rings is 1. The van der Waals surface area contributed by atoms with Crippen molar-refractivity contribution in [3.8, 4) is 5.69 Å². The molecule has 6 rings (SSSR count). The van der Waals surface area contributed by atoms with E-state index in [-0.39, 0.29) is 36.8 Å². The van der Waals surface area contributed by atoms with Crippen LogP contribution < -0.4 is 5.32 Å². The van der Waals surface area contributed by atoms with Gasteiger partial charge < -0.3 is 23.8 Å². The van der Waals surface area contributed by atoms with Crippen LogP contribution in [0.25, 0.3) is 16.6 Å². The second-order valence-corrected chi connectivity index (χ2v) is 10.4. The normalized spacial score (nSPS) is 20.7. The largest absolute Gasteiger partial charge is 0.467 e. The van der Waals surface area contributed by atoms with Gasteiger partial charge in [-0.1, -0.05) is 25.7 Å². The topological polar surface area (TPSA) is 72.4 Å². The summed E-state index contributed by atoms with van der Waals surface area (Å²) in [5, 5.41) is 3.91. The van der Waals surface area contributed by atoms with Crippen molar-refractivity contribution in [1.29, 1.82) is 0 Å². The Morgan fingerprint density at radius 3 is 2.57 bits per heavy atom. The molecule has 2 amide bonds. The van der Waals surface area contributed by atoms with Gasteiger partial charge in [0.25, 0.3) is 5.91 Å². The molecule has 4 heterocycles. The number of benzene rings is 1. The van der Waals surface area contributed by atoms with Crippen LogP contribution in [0.4, 0.5) is 4.39 Å². The third-order valence-corrected chi connectivity index (χ3v) is 7.94. The fraction of sp³-hybridized carbons (Fsp3) is 0.379. The summed E-state index contributed by atoms with van der Waals surface area (Å²) in [4.78, 5) is 30.0. The fourth-order valence-electron chi connectivity index (χ4n) is 5.94. The summed E-state index contributed by atoms with van der Waals surface area (Å²) in [6, 6.07) is 12.0. The Morgan fingerprint density at radius 1 is 1.11 bits per heavy atom. The Kier molecular flexibility index (Phi) is 5.89. The van der Waals surface area contributed by atoms with Crippen LogP contribution in [-0.2, 0) is 17.9 Å². The number of carbonyl (C=O) groups excluding carboxylic acids is 2. The third-order valence-electron chi connectivity index (χ3n) is 7.94. The first-order valence-electron chi connectivity index (χ1n) is 13.1. The van der Waals surface area contributed by atoms with Crippen molar-refractivity contribution in [1.82, 2.24) is 19.4 Å². The Labute approximate surface area is 214 Å². The summed E-state index contributed by atoms with van der Waals surface area (Å²) < 4.78 is 23.8. The van der Waals surface area contributed by atoms with Crippen LogP contribution in [-0.4, -0.2) is 37.4 Å². The minimum Gasteiger partial charge on any atom is -0.467 e. The Bertz CT molecular complexity index is 1430. The Morgan fingerprint density at radius 2 is 1.86 bits per heavy atom. The van der Waals surface area contributed by atoms with Crippen molar-refractivity contribution >= 4 is 22.7 Å². The Hall–Kier alpha value is -3.81. The molecule has 8 heteroatoms. The lowest BCUT2D eigenvalue weighted by atomic mass is 9.93. The zero-order chi connectivity index (χ0) is 25.6. The fourth-order valence-corrected chi connectivity index (χ4v) is 5.94. The standard InChI is InChI=1S/C29H31FN4O3/c1-29(28(36)31-21-9-4-2-3-5-10-21)19-33-24-13-12-20(30)17-23(24)25(32-14-6-7-15-32)26(33)27(35)34(29)18-22-11-8-16-37-22/h6-8,11-17,21H,2-5,9-10,18-19H2,1H3,(H,31,36). The van der Waals surface area contributed by atoms with Crippen LogP contribution >= 0.6 is 0 Å². The smallest absolute Gasteiger partial charge is 0.274 e. The Balaban J connectivity index is 1.49. The van der Waals surface area contributed by atoms with Crippen molar-refractivity contribution in [3.63, 3.8) is 0 Å². The van der Waals surface area contributed by atoms with E-state index >= 15 is 0 Å². The molecule has 4 aromatic rings. The van der Waals surface area contributed by atoms with E-state index < -0.39 is 5.54 Å². The molecule has 0 bridgehead atoms. The van der Waals surface area contributed by atoms with Crippen LogP contribution in [0.1, 0.15) is 61.7 Å². The molecule has 37 heavy (non-hydrogen) atoms. The van der Waals surface area contributed by atoms with Crippen LogP contribution in [0.3, 0.4) is 0 Å². The van der Waals surface area contributed by atoms with E-state index in [1.807, 2.05) is 46.7 Å². The zero-order valence-corrected chi connectivity index (χ0v) is 21.0. The molecule has 1 atom stereocenters. The number of carbonyl (C=O) groups is 2. The summed E-state index contributed by atoms with van der Waals surface area (Å²) in [5.74, 6) is -0.240. The molecule has 1 saturated carbocycles. The maximum Gasteiger partial charge on any atom is 0.274 e. The molecule has 1 N–H and O–H groups in total. The lowest BCUT2D eigenvalue weighted by molar-refractivity contribution is -0.134.